The Hall–Kier alpha value is -3.39. The topological polar surface area (TPSA) is 84.3 Å². The van der Waals surface area contributed by atoms with Gasteiger partial charge in [0.2, 0.25) is 0 Å². The zero-order chi connectivity index (χ0) is 26.0. The van der Waals surface area contributed by atoms with Crippen LogP contribution in [0.1, 0.15) is 64.1 Å². The van der Waals surface area contributed by atoms with Gasteiger partial charge in [-0.25, -0.2) is 9.78 Å². The summed E-state index contributed by atoms with van der Waals surface area (Å²) in [5.74, 6) is 0.788. The van der Waals surface area contributed by atoms with Crippen molar-refractivity contribution in [2.45, 2.75) is 77.7 Å². The Balaban J connectivity index is 1.27. The number of amides is 2. The van der Waals surface area contributed by atoms with E-state index in [1.54, 1.807) is 0 Å². The molecule has 0 bridgehead atoms. The van der Waals surface area contributed by atoms with E-state index >= 15 is 0 Å². The predicted octanol–water partition coefficient (Wildman–Crippen LogP) is 5.69. The van der Waals surface area contributed by atoms with E-state index < -0.39 is 0 Å². The van der Waals surface area contributed by atoms with Crippen LogP contribution < -0.4 is 10.6 Å². The van der Waals surface area contributed by atoms with Crippen molar-refractivity contribution < 1.29 is 9.53 Å². The van der Waals surface area contributed by atoms with Crippen LogP contribution in [0.25, 0.3) is 11.1 Å². The summed E-state index contributed by atoms with van der Waals surface area (Å²) in [5.41, 5.74) is 5.55. The van der Waals surface area contributed by atoms with E-state index in [0.29, 0.717) is 13.1 Å². The fraction of sp³-hybridized carbons (Fsp3) is 0.483. The van der Waals surface area contributed by atoms with Gasteiger partial charge in [-0.3, -0.25) is 4.68 Å². The van der Waals surface area contributed by atoms with Crippen LogP contribution in [0.15, 0.2) is 48.9 Å². The summed E-state index contributed by atoms with van der Waals surface area (Å²) in [7, 11) is 0. The van der Waals surface area contributed by atoms with Gasteiger partial charge in [-0.1, -0.05) is 24.6 Å². The van der Waals surface area contributed by atoms with Crippen molar-refractivity contribution in [2.75, 3.05) is 18.4 Å². The lowest BCUT2D eigenvalue weighted by Gasteiger charge is -2.42. The number of urea groups is 1. The third-order valence-corrected chi connectivity index (χ3v) is 6.98. The minimum atomic E-state index is -0.185. The molecule has 1 aliphatic carbocycles. The molecule has 8 nitrogen and oxygen atoms in total. The highest BCUT2D eigenvalue weighted by atomic mass is 16.5. The van der Waals surface area contributed by atoms with E-state index in [1.165, 1.54) is 11.1 Å². The standard InChI is InChI=1S/C29H38N6O2/c1-5-35-17-23(16-31-35)32-27-15-21(12-13-30-27)20-10-11-25-22(14-20)8-6-7-9-26(25)33-28(36)34-18-24(19-34)37-29(2,3)4/h10-17,24,26H,5-9,18-19H2,1-4H3,(H,30,32)(H,33,36). The van der Waals surface area contributed by atoms with Crippen LogP contribution in [-0.2, 0) is 17.7 Å². The molecule has 1 unspecified atom stereocenters. The summed E-state index contributed by atoms with van der Waals surface area (Å²) in [6, 6.07) is 10.8. The molecule has 3 heterocycles. The number of pyridine rings is 1. The van der Waals surface area contributed by atoms with E-state index in [4.69, 9.17) is 4.74 Å². The zero-order valence-corrected chi connectivity index (χ0v) is 22.3. The van der Waals surface area contributed by atoms with Gasteiger partial charge >= 0.3 is 6.03 Å². The molecule has 37 heavy (non-hydrogen) atoms. The van der Waals surface area contributed by atoms with E-state index in [9.17, 15) is 4.79 Å². The van der Waals surface area contributed by atoms with Gasteiger partial charge in [0.05, 0.1) is 42.7 Å². The van der Waals surface area contributed by atoms with Crippen LogP contribution in [0.2, 0.25) is 0 Å². The molecule has 2 aromatic heterocycles. The maximum atomic E-state index is 13.0. The number of aromatic nitrogens is 3. The molecular formula is C29H38N6O2. The van der Waals surface area contributed by atoms with Crippen molar-refractivity contribution in [3.05, 3.63) is 60.0 Å². The molecule has 0 saturated carbocycles. The van der Waals surface area contributed by atoms with Crippen LogP contribution in [-0.4, -0.2) is 50.5 Å². The smallest absolute Gasteiger partial charge is 0.318 e. The molecule has 1 aliphatic heterocycles. The highest BCUT2D eigenvalue weighted by Gasteiger charge is 2.35. The Morgan fingerprint density at radius 1 is 1.14 bits per heavy atom. The van der Waals surface area contributed by atoms with Crippen molar-refractivity contribution in [1.29, 1.82) is 0 Å². The maximum Gasteiger partial charge on any atom is 0.318 e. The summed E-state index contributed by atoms with van der Waals surface area (Å²) < 4.78 is 7.87. The molecule has 3 aromatic rings. The van der Waals surface area contributed by atoms with E-state index in [-0.39, 0.29) is 23.8 Å². The number of nitrogens with zero attached hydrogens (tertiary/aromatic N) is 4. The molecule has 1 saturated heterocycles. The number of carbonyl (C=O) groups is 1. The van der Waals surface area contributed by atoms with Crippen molar-refractivity contribution in [3.8, 4) is 11.1 Å². The average molecular weight is 503 g/mol. The first kappa shape index (κ1) is 25.3. The number of hydrogen-bond donors (Lipinski definition) is 2. The quantitative estimate of drug-likeness (QED) is 0.423. The Morgan fingerprint density at radius 2 is 1.95 bits per heavy atom. The van der Waals surface area contributed by atoms with E-state index in [0.717, 1.165) is 54.9 Å². The first-order valence-corrected chi connectivity index (χ1v) is 13.4. The molecule has 196 valence electrons. The normalized spacial score (nSPS) is 18.1. The summed E-state index contributed by atoms with van der Waals surface area (Å²) in [5, 5.41) is 11.0. The van der Waals surface area contributed by atoms with Crippen LogP contribution in [0.4, 0.5) is 16.3 Å². The van der Waals surface area contributed by atoms with Crippen molar-refractivity contribution >= 4 is 17.5 Å². The molecule has 0 radical (unpaired) electrons. The lowest BCUT2D eigenvalue weighted by molar-refractivity contribution is -0.111. The van der Waals surface area contributed by atoms with Crippen LogP contribution in [0.3, 0.4) is 0 Å². The number of anilines is 2. The number of likely N-dealkylation sites (tertiary alicyclic amines) is 1. The number of aryl methyl sites for hydroxylation is 2. The van der Waals surface area contributed by atoms with Gasteiger partial charge in [0.25, 0.3) is 0 Å². The van der Waals surface area contributed by atoms with Gasteiger partial charge in [-0.2, -0.15) is 5.10 Å². The number of nitrogens with one attached hydrogen (secondary N) is 2. The lowest BCUT2D eigenvalue weighted by atomic mass is 9.94. The Labute approximate surface area is 219 Å². The lowest BCUT2D eigenvalue weighted by Crippen LogP contribution is -2.59. The van der Waals surface area contributed by atoms with Gasteiger partial charge in [0.15, 0.2) is 0 Å². The number of rotatable bonds is 6. The largest absolute Gasteiger partial charge is 0.369 e. The molecule has 1 fully saturated rings. The van der Waals surface area contributed by atoms with E-state index in [2.05, 4.69) is 72.7 Å². The number of fused-ring (bicyclic) bond motifs is 1. The van der Waals surface area contributed by atoms with Gasteiger partial charge < -0.3 is 20.3 Å². The highest BCUT2D eigenvalue weighted by Crippen LogP contribution is 2.33. The number of benzene rings is 1. The number of hydrogen-bond acceptors (Lipinski definition) is 5. The Morgan fingerprint density at radius 3 is 2.70 bits per heavy atom. The second kappa shape index (κ2) is 10.5. The summed E-state index contributed by atoms with van der Waals surface area (Å²) >= 11 is 0. The van der Waals surface area contributed by atoms with Crippen LogP contribution in [0, 0.1) is 0 Å². The highest BCUT2D eigenvalue weighted by molar-refractivity contribution is 5.76. The third kappa shape index (κ3) is 6.13. The SMILES string of the molecule is CCn1cc(Nc2cc(-c3ccc4c(c3)CCCCC4NC(=O)N3CC(OC(C)(C)C)C3)ccn2)cn1. The monoisotopic (exact) mass is 502 g/mol. The molecule has 0 spiro atoms. The van der Waals surface area contributed by atoms with Gasteiger partial charge in [0.1, 0.15) is 5.82 Å². The molecule has 2 aliphatic rings. The predicted molar refractivity (Wildman–Crippen MR) is 146 cm³/mol. The number of carbonyl (C=O) groups excluding carboxylic acids is 1. The molecule has 1 atom stereocenters. The maximum absolute atomic E-state index is 13.0. The van der Waals surface area contributed by atoms with Crippen molar-refractivity contribution in [1.82, 2.24) is 25.0 Å². The summed E-state index contributed by atoms with van der Waals surface area (Å²) in [6.45, 7) is 10.4. The van der Waals surface area contributed by atoms with Crippen molar-refractivity contribution in [2.24, 2.45) is 0 Å². The Bertz CT molecular complexity index is 1240. The van der Waals surface area contributed by atoms with Crippen molar-refractivity contribution in [3.63, 3.8) is 0 Å². The molecule has 1 aromatic carbocycles. The fourth-order valence-electron chi connectivity index (χ4n) is 5.16. The molecular weight excluding hydrogens is 464 g/mol. The fourth-order valence-corrected chi connectivity index (χ4v) is 5.16. The first-order chi connectivity index (χ1) is 17.8. The average Bonchev–Trinajstić information content (AvgIpc) is 3.20. The second-order valence-electron chi connectivity index (χ2n) is 11.1. The van der Waals surface area contributed by atoms with Gasteiger partial charge in [-0.05, 0) is 81.3 Å². The van der Waals surface area contributed by atoms with Crippen LogP contribution in [0.5, 0.6) is 0 Å². The summed E-state index contributed by atoms with van der Waals surface area (Å²) in [4.78, 5) is 19.3. The molecule has 5 rings (SSSR count). The number of ether oxygens (including phenoxy) is 1. The zero-order valence-electron chi connectivity index (χ0n) is 22.3. The first-order valence-electron chi connectivity index (χ1n) is 13.4. The molecule has 2 N–H and O–H groups in total. The third-order valence-electron chi connectivity index (χ3n) is 6.98. The minimum Gasteiger partial charge on any atom is -0.369 e. The summed E-state index contributed by atoms with van der Waals surface area (Å²) in [6.07, 6.45) is 9.95. The van der Waals surface area contributed by atoms with Gasteiger partial charge in [-0.15, -0.1) is 0 Å². The van der Waals surface area contributed by atoms with Crippen LogP contribution >= 0.6 is 0 Å². The molecule has 2 amide bonds. The Kier molecular flexibility index (Phi) is 7.20. The second-order valence-corrected chi connectivity index (χ2v) is 11.1. The van der Waals surface area contributed by atoms with E-state index in [1.807, 2.05) is 34.2 Å². The molecule has 8 heteroatoms. The van der Waals surface area contributed by atoms with Gasteiger partial charge in [0, 0.05) is 18.9 Å². The minimum absolute atomic E-state index is 0.00642.